The van der Waals surface area contributed by atoms with Crippen molar-refractivity contribution < 1.29 is 14.3 Å². The van der Waals surface area contributed by atoms with Crippen LogP contribution < -0.4 is 20.5 Å². The molecule has 132 valence electrons. The standard InChI is InChI=1S/C19H18N4O3/c1-2-21-19(24)15-7-12-8-16-17(26-10-25-16)9-14(12)18(23-22-15)11-3-5-13(20)6-4-11/h3-6,8-9H,2,7,10,20H2,1H3,(H,21,24). The number of nitrogens with zero attached hydrogens (tertiary/aromatic N) is 2. The Morgan fingerprint density at radius 2 is 1.88 bits per heavy atom. The Morgan fingerprint density at radius 3 is 2.62 bits per heavy atom. The molecule has 0 fully saturated rings. The van der Waals surface area contributed by atoms with Gasteiger partial charge in [-0.2, -0.15) is 0 Å². The average molecular weight is 350 g/mol. The maximum atomic E-state index is 12.3. The van der Waals surface area contributed by atoms with Gasteiger partial charge in [-0.05, 0) is 36.8 Å². The smallest absolute Gasteiger partial charge is 0.267 e. The van der Waals surface area contributed by atoms with Crippen molar-refractivity contribution in [2.24, 2.45) is 10.2 Å². The summed E-state index contributed by atoms with van der Waals surface area (Å²) in [6.07, 6.45) is 0.361. The summed E-state index contributed by atoms with van der Waals surface area (Å²) >= 11 is 0. The van der Waals surface area contributed by atoms with E-state index < -0.39 is 0 Å². The number of fused-ring (bicyclic) bond motifs is 2. The van der Waals surface area contributed by atoms with Crippen LogP contribution in [0.15, 0.2) is 46.6 Å². The van der Waals surface area contributed by atoms with Gasteiger partial charge in [0.25, 0.3) is 5.91 Å². The van der Waals surface area contributed by atoms with E-state index in [1.807, 2.05) is 43.3 Å². The van der Waals surface area contributed by atoms with Crippen LogP contribution >= 0.6 is 0 Å². The van der Waals surface area contributed by atoms with Gasteiger partial charge in [-0.3, -0.25) is 4.79 Å². The van der Waals surface area contributed by atoms with E-state index in [4.69, 9.17) is 15.2 Å². The fourth-order valence-electron chi connectivity index (χ4n) is 2.97. The van der Waals surface area contributed by atoms with Crippen molar-refractivity contribution in [2.75, 3.05) is 19.1 Å². The topological polar surface area (TPSA) is 98.3 Å². The van der Waals surface area contributed by atoms with E-state index in [-0.39, 0.29) is 12.7 Å². The average Bonchev–Trinajstić information content (AvgIpc) is 3.01. The highest BCUT2D eigenvalue weighted by Crippen LogP contribution is 2.36. The van der Waals surface area contributed by atoms with E-state index in [0.717, 1.165) is 16.7 Å². The van der Waals surface area contributed by atoms with Gasteiger partial charge in [0.1, 0.15) is 11.4 Å². The monoisotopic (exact) mass is 350 g/mol. The molecule has 2 heterocycles. The fraction of sp³-hybridized carbons (Fsp3) is 0.211. The van der Waals surface area contributed by atoms with Crippen molar-refractivity contribution >= 4 is 23.0 Å². The number of hydrogen-bond donors (Lipinski definition) is 2. The number of rotatable bonds is 3. The Balaban J connectivity index is 1.85. The number of nitrogens with two attached hydrogens (primary N) is 1. The van der Waals surface area contributed by atoms with Gasteiger partial charge in [-0.1, -0.05) is 12.1 Å². The van der Waals surface area contributed by atoms with Crippen LogP contribution in [0.5, 0.6) is 11.5 Å². The Bertz CT molecular complexity index is 933. The van der Waals surface area contributed by atoms with Crippen molar-refractivity contribution in [3.05, 3.63) is 53.1 Å². The summed E-state index contributed by atoms with van der Waals surface area (Å²) in [5.41, 5.74) is 10.1. The summed E-state index contributed by atoms with van der Waals surface area (Å²) in [6.45, 7) is 2.58. The van der Waals surface area contributed by atoms with E-state index in [0.29, 0.717) is 41.6 Å². The third kappa shape index (κ3) is 2.88. The van der Waals surface area contributed by atoms with Crippen LogP contribution in [0.4, 0.5) is 5.69 Å². The van der Waals surface area contributed by atoms with E-state index >= 15 is 0 Å². The molecule has 0 bridgehead atoms. The second-order valence-electron chi connectivity index (χ2n) is 6.02. The molecule has 2 aliphatic heterocycles. The zero-order valence-electron chi connectivity index (χ0n) is 14.3. The summed E-state index contributed by atoms with van der Waals surface area (Å²) in [5.74, 6) is 1.10. The maximum absolute atomic E-state index is 12.3. The molecule has 0 radical (unpaired) electrons. The molecule has 0 atom stereocenters. The number of ether oxygens (including phenoxy) is 2. The molecule has 26 heavy (non-hydrogen) atoms. The minimum absolute atomic E-state index is 0.184. The fourth-order valence-corrected chi connectivity index (χ4v) is 2.97. The number of carbonyl (C=O) groups excluding carboxylic acids is 1. The molecule has 0 saturated heterocycles. The SMILES string of the molecule is CCNC(=O)C1=NN=C(c2ccc(N)cc2)c2cc3c(cc2C1)OCO3. The summed E-state index contributed by atoms with van der Waals surface area (Å²) in [6, 6.07) is 11.2. The van der Waals surface area contributed by atoms with Gasteiger partial charge in [0.2, 0.25) is 6.79 Å². The Hall–Kier alpha value is -3.35. The zero-order valence-corrected chi connectivity index (χ0v) is 14.3. The second-order valence-corrected chi connectivity index (χ2v) is 6.02. The molecule has 2 aliphatic rings. The van der Waals surface area contributed by atoms with Gasteiger partial charge in [-0.15, -0.1) is 10.2 Å². The first-order chi connectivity index (χ1) is 12.7. The number of anilines is 1. The van der Waals surface area contributed by atoms with Gasteiger partial charge < -0.3 is 20.5 Å². The van der Waals surface area contributed by atoms with E-state index in [9.17, 15) is 4.79 Å². The quantitative estimate of drug-likeness (QED) is 0.826. The third-order valence-electron chi connectivity index (χ3n) is 4.27. The van der Waals surface area contributed by atoms with Crippen molar-refractivity contribution in [1.82, 2.24) is 5.32 Å². The molecular formula is C19H18N4O3. The number of carbonyl (C=O) groups is 1. The first-order valence-electron chi connectivity index (χ1n) is 8.37. The Kier molecular flexibility index (Phi) is 4.04. The van der Waals surface area contributed by atoms with Gasteiger partial charge in [0.05, 0.1) is 0 Å². The number of nitrogens with one attached hydrogen (secondary N) is 1. The lowest BCUT2D eigenvalue weighted by Crippen LogP contribution is -2.31. The molecule has 7 nitrogen and oxygen atoms in total. The molecule has 0 aliphatic carbocycles. The van der Waals surface area contributed by atoms with E-state index in [1.54, 1.807) is 0 Å². The van der Waals surface area contributed by atoms with Crippen LogP contribution in [0.3, 0.4) is 0 Å². The predicted molar refractivity (Wildman–Crippen MR) is 98.9 cm³/mol. The van der Waals surface area contributed by atoms with E-state index in [2.05, 4.69) is 15.5 Å². The van der Waals surface area contributed by atoms with Crippen molar-refractivity contribution in [3.63, 3.8) is 0 Å². The van der Waals surface area contributed by atoms with E-state index in [1.165, 1.54) is 0 Å². The largest absolute Gasteiger partial charge is 0.454 e. The molecule has 4 rings (SSSR count). The van der Waals surface area contributed by atoms with Gasteiger partial charge in [0.15, 0.2) is 11.5 Å². The summed E-state index contributed by atoms with van der Waals surface area (Å²) in [7, 11) is 0. The molecule has 3 N–H and O–H groups in total. The first kappa shape index (κ1) is 16.1. The maximum Gasteiger partial charge on any atom is 0.267 e. The van der Waals surface area contributed by atoms with Crippen molar-refractivity contribution in [3.8, 4) is 11.5 Å². The van der Waals surface area contributed by atoms with Crippen LogP contribution in [0, 0.1) is 0 Å². The van der Waals surface area contributed by atoms with Crippen LogP contribution in [0.2, 0.25) is 0 Å². The molecule has 0 spiro atoms. The molecule has 2 aromatic carbocycles. The Labute approximate surface area is 150 Å². The number of benzene rings is 2. The second kappa shape index (κ2) is 6.51. The van der Waals surface area contributed by atoms with Crippen LogP contribution in [-0.4, -0.2) is 30.7 Å². The predicted octanol–water partition coefficient (Wildman–Crippen LogP) is 1.88. The van der Waals surface area contributed by atoms with Crippen molar-refractivity contribution in [2.45, 2.75) is 13.3 Å². The molecule has 2 aromatic rings. The highest BCUT2D eigenvalue weighted by Gasteiger charge is 2.25. The summed E-state index contributed by atoms with van der Waals surface area (Å²) < 4.78 is 11.0. The minimum Gasteiger partial charge on any atom is -0.454 e. The lowest BCUT2D eigenvalue weighted by Gasteiger charge is -2.11. The molecule has 0 unspecified atom stereocenters. The molecular weight excluding hydrogens is 332 g/mol. The third-order valence-corrected chi connectivity index (χ3v) is 4.27. The summed E-state index contributed by atoms with van der Waals surface area (Å²) in [5, 5.41) is 11.4. The van der Waals surface area contributed by atoms with Gasteiger partial charge >= 0.3 is 0 Å². The normalized spacial score (nSPS) is 14.8. The zero-order chi connectivity index (χ0) is 18.1. The van der Waals surface area contributed by atoms with Gasteiger partial charge in [-0.25, -0.2) is 0 Å². The molecule has 0 saturated carbocycles. The number of nitrogen functional groups attached to an aromatic ring is 1. The minimum atomic E-state index is -0.224. The highest BCUT2D eigenvalue weighted by molar-refractivity contribution is 6.40. The molecule has 7 heteroatoms. The lowest BCUT2D eigenvalue weighted by molar-refractivity contribution is -0.114. The Morgan fingerprint density at radius 1 is 1.15 bits per heavy atom. The van der Waals surface area contributed by atoms with Crippen LogP contribution in [0.1, 0.15) is 23.6 Å². The highest BCUT2D eigenvalue weighted by atomic mass is 16.7. The van der Waals surface area contributed by atoms with Crippen LogP contribution in [-0.2, 0) is 11.2 Å². The number of amides is 1. The van der Waals surface area contributed by atoms with Crippen LogP contribution in [0.25, 0.3) is 0 Å². The van der Waals surface area contributed by atoms with Gasteiger partial charge in [0, 0.05) is 29.8 Å². The van der Waals surface area contributed by atoms with Crippen molar-refractivity contribution in [1.29, 1.82) is 0 Å². The lowest BCUT2D eigenvalue weighted by atomic mass is 9.94. The first-order valence-corrected chi connectivity index (χ1v) is 8.37. The molecule has 1 amide bonds. The molecule has 0 aromatic heterocycles. The number of hydrogen-bond acceptors (Lipinski definition) is 6. The summed E-state index contributed by atoms with van der Waals surface area (Å²) in [4.78, 5) is 12.3.